The van der Waals surface area contributed by atoms with Crippen molar-refractivity contribution >= 4 is 5.91 Å². The summed E-state index contributed by atoms with van der Waals surface area (Å²) in [5, 5.41) is 14.6. The first-order valence-electron chi connectivity index (χ1n) is 7.89. The van der Waals surface area contributed by atoms with Crippen molar-refractivity contribution in [2.75, 3.05) is 14.2 Å². The Morgan fingerprint density at radius 3 is 2.86 bits per heavy atom. The molecule has 3 atom stereocenters. The van der Waals surface area contributed by atoms with Crippen molar-refractivity contribution in [3.63, 3.8) is 0 Å². The maximum absolute atomic E-state index is 12.4. The van der Waals surface area contributed by atoms with Gasteiger partial charge in [-0.2, -0.15) is 5.10 Å². The quantitative estimate of drug-likeness (QED) is 0.883. The number of aryl methyl sites for hydroxylation is 3. The van der Waals surface area contributed by atoms with Crippen LogP contribution in [0.25, 0.3) is 0 Å². The summed E-state index contributed by atoms with van der Waals surface area (Å²) >= 11 is 0. The first-order valence-corrected chi connectivity index (χ1v) is 7.89. The molecule has 6 nitrogen and oxygen atoms in total. The molecule has 1 fully saturated rings. The number of aromatic nitrogens is 2. The van der Waals surface area contributed by atoms with Crippen molar-refractivity contribution in [1.29, 1.82) is 0 Å². The summed E-state index contributed by atoms with van der Waals surface area (Å²) in [5.74, 6) is 0.0593. The minimum absolute atomic E-state index is 0.0593. The number of aliphatic hydroxyl groups excluding tert-OH is 1. The molecular weight excluding hydrogens is 282 g/mol. The number of ether oxygens (including phenoxy) is 1. The Balaban J connectivity index is 1.92. The Bertz CT molecular complexity index is 515. The predicted octanol–water partition coefficient (Wildman–Crippen LogP) is 1.05. The highest BCUT2D eigenvalue weighted by Crippen LogP contribution is 2.25. The fourth-order valence-electron chi connectivity index (χ4n) is 3.29. The van der Waals surface area contributed by atoms with Gasteiger partial charge in [-0.25, -0.2) is 0 Å². The highest BCUT2D eigenvalue weighted by atomic mass is 16.5. The largest absolute Gasteiger partial charge is 0.388 e. The van der Waals surface area contributed by atoms with Crippen molar-refractivity contribution in [2.24, 2.45) is 7.05 Å². The van der Waals surface area contributed by atoms with E-state index in [2.05, 4.69) is 5.10 Å². The van der Waals surface area contributed by atoms with E-state index >= 15 is 0 Å². The van der Waals surface area contributed by atoms with Crippen molar-refractivity contribution in [3.8, 4) is 0 Å². The van der Waals surface area contributed by atoms with Crippen molar-refractivity contribution in [2.45, 2.75) is 57.3 Å². The zero-order valence-corrected chi connectivity index (χ0v) is 14.0. The standard InChI is InChI=1S/C16H27N3O3/c1-11-12(10-18(2)17-11)8-9-15(20)19(3)13-6-5-7-14(22-4)16(13)21/h10,13-14,16,21H,5-9H2,1-4H3/t13-,14-,16-/m1/s1. The fourth-order valence-corrected chi connectivity index (χ4v) is 3.29. The SMILES string of the molecule is CO[C@@H]1CCC[C@@H](N(C)C(=O)CCc2cn(C)nc2C)[C@H]1O. The Kier molecular flexibility index (Phi) is 5.58. The number of hydrogen-bond donors (Lipinski definition) is 1. The molecule has 1 heterocycles. The topological polar surface area (TPSA) is 67.6 Å². The average molecular weight is 309 g/mol. The lowest BCUT2D eigenvalue weighted by atomic mass is 9.89. The van der Waals surface area contributed by atoms with E-state index < -0.39 is 6.10 Å². The highest BCUT2D eigenvalue weighted by molar-refractivity contribution is 5.76. The molecular formula is C16H27N3O3. The maximum Gasteiger partial charge on any atom is 0.222 e. The van der Waals surface area contributed by atoms with Gasteiger partial charge in [0.25, 0.3) is 0 Å². The molecule has 124 valence electrons. The van der Waals surface area contributed by atoms with E-state index in [1.165, 1.54) is 0 Å². The summed E-state index contributed by atoms with van der Waals surface area (Å²) in [6, 6.07) is -0.152. The highest BCUT2D eigenvalue weighted by Gasteiger charge is 2.35. The molecule has 1 amide bonds. The second kappa shape index (κ2) is 7.24. The Labute approximate surface area is 132 Å². The van der Waals surface area contributed by atoms with E-state index in [-0.39, 0.29) is 18.1 Å². The number of nitrogens with zero attached hydrogens (tertiary/aromatic N) is 3. The molecule has 1 aliphatic carbocycles. The van der Waals surface area contributed by atoms with E-state index in [1.807, 2.05) is 20.2 Å². The summed E-state index contributed by atoms with van der Waals surface area (Å²) in [6.07, 6.45) is 4.95. The van der Waals surface area contributed by atoms with Crippen molar-refractivity contribution < 1.29 is 14.6 Å². The van der Waals surface area contributed by atoms with E-state index in [4.69, 9.17) is 4.74 Å². The van der Waals surface area contributed by atoms with Gasteiger partial charge in [-0.3, -0.25) is 9.48 Å². The van der Waals surface area contributed by atoms with Gasteiger partial charge in [0, 0.05) is 33.8 Å². The van der Waals surface area contributed by atoms with Gasteiger partial charge >= 0.3 is 0 Å². The molecule has 0 spiro atoms. The number of likely N-dealkylation sites (N-methyl/N-ethyl adjacent to an activating group) is 1. The molecule has 1 aromatic heterocycles. The Morgan fingerprint density at radius 2 is 2.27 bits per heavy atom. The van der Waals surface area contributed by atoms with Gasteiger partial charge in [-0.05, 0) is 38.2 Å². The summed E-state index contributed by atoms with van der Waals surface area (Å²) in [7, 11) is 5.28. The molecule has 0 bridgehead atoms. The molecule has 1 aromatic rings. The number of hydrogen-bond acceptors (Lipinski definition) is 4. The molecule has 1 N–H and O–H groups in total. The van der Waals surface area contributed by atoms with Gasteiger partial charge in [-0.1, -0.05) is 0 Å². The number of amides is 1. The molecule has 0 radical (unpaired) electrons. The smallest absolute Gasteiger partial charge is 0.222 e. The van der Waals surface area contributed by atoms with Crippen LogP contribution in [0.15, 0.2) is 6.20 Å². The molecule has 1 saturated carbocycles. The van der Waals surface area contributed by atoms with E-state index in [0.717, 1.165) is 30.5 Å². The third-order valence-corrected chi connectivity index (χ3v) is 4.68. The van der Waals surface area contributed by atoms with Crippen molar-refractivity contribution in [3.05, 3.63) is 17.5 Å². The minimum atomic E-state index is -0.604. The monoisotopic (exact) mass is 309 g/mol. The number of methoxy groups -OCH3 is 1. The third-order valence-electron chi connectivity index (χ3n) is 4.68. The minimum Gasteiger partial charge on any atom is -0.388 e. The number of rotatable bonds is 5. The number of carbonyl (C=O) groups excluding carboxylic acids is 1. The zero-order chi connectivity index (χ0) is 16.3. The van der Waals surface area contributed by atoms with Crippen LogP contribution in [0.5, 0.6) is 0 Å². The van der Waals surface area contributed by atoms with Crippen LogP contribution in [0, 0.1) is 6.92 Å². The van der Waals surface area contributed by atoms with Crippen LogP contribution in [-0.4, -0.2) is 58.1 Å². The first-order chi connectivity index (χ1) is 10.4. The number of carbonyl (C=O) groups is 1. The van der Waals surface area contributed by atoms with Crippen LogP contribution in [0.1, 0.15) is 36.9 Å². The average Bonchev–Trinajstić information content (AvgIpc) is 2.82. The summed E-state index contributed by atoms with van der Waals surface area (Å²) < 4.78 is 7.08. The Morgan fingerprint density at radius 1 is 1.55 bits per heavy atom. The van der Waals surface area contributed by atoms with Crippen LogP contribution >= 0.6 is 0 Å². The van der Waals surface area contributed by atoms with Gasteiger partial charge in [0.05, 0.1) is 17.8 Å². The fraction of sp³-hybridized carbons (Fsp3) is 0.750. The van der Waals surface area contributed by atoms with Gasteiger partial charge in [0.15, 0.2) is 0 Å². The molecule has 6 heteroatoms. The second-order valence-corrected chi connectivity index (χ2v) is 6.18. The molecule has 0 unspecified atom stereocenters. The van der Waals surface area contributed by atoms with Gasteiger partial charge in [-0.15, -0.1) is 0 Å². The molecule has 0 aliphatic heterocycles. The molecule has 0 saturated heterocycles. The maximum atomic E-state index is 12.4. The zero-order valence-electron chi connectivity index (χ0n) is 14.0. The normalized spacial score (nSPS) is 25.2. The first kappa shape index (κ1) is 17.0. The van der Waals surface area contributed by atoms with Gasteiger partial charge in [0.2, 0.25) is 5.91 Å². The van der Waals surface area contributed by atoms with Crippen LogP contribution < -0.4 is 0 Å². The lowest BCUT2D eigenvalue weighted by Crippen LogP contribution is -2.52. The molecule has 22 heavy (non-hydrogen) atoms. The van der Waals surface area contributed by atoms with Crippen LogP contribution in [0.2, 0.25) is 0 Å². The summed E-state index contributed by atoms with van der Waals surface area (Å²) in [5.41, 5.74) is 2.07. The molecule has 1 aliphatic rings. The van der Waals surface area contributed by atoms with E-state index in [1.54, 1.807) is 23.7 Å². The lowest BCUT2D eigenvalue weighted by molar-refractivity contribution is -0.140. The van der Waals surface area contributed by atoms with Gasteiger partial charge < -0.3 is 14.7 Å². The van der Waals surface area contributed by atoms with Crippen molar-refractivity contribution in [1.82, 2.24) is 14.7 Å². The lowest BCUT2D eigenvalue weighted by Gasteiger charge is -2.39. The molecule has 0 aromatic carbocycles. The van der Waals surface area contributed by atoms with Gasteiger partial charge in [0.1, 0.15) is 6.10 Å². The van der Waals surface area contributed by atoms with Crippen LogP contribution in [0.4, 0.5) is 0 Å². The van der Waals surface area contributed by atoms with Crippen LogP contribution in [-0.2, 0) is 23.0 Å². The van der Waals surface area contributed by atoms with E-state index in [0.29, 0.717) is 12.8 Å². The molecule has 2 rings (SSSR count). The summed E-state index contributed by atoms with van der Waals surface area (Å²) in [6.45, 7) is 1.96. The van der Waals surface area contributed by atoms with E-state index in [9.17, 15) is 9.90 Å². The Hall–Kier alpha value is -1.40. The summed E-state index contributed by atoms with van der Waals surface area (Å²) in [4.78, 5) is 14.1. The predicted molar refractivity (Wildman–Crippen MR) is 83.5 cm³/mol. The van der Waals surface area contributed by atoms with Crippen LogP contribution in [0.3, 0.4) is 0 Å². The third kappa shape index (κ3) is 3.67. The second-order valence-electron chi connectivity index (χ2n) is 6.18. The number of aliphatic hydroxyl groups is 1.